The third kappa shape index (κ3) is 5.14. The standard InChI is InChI=1S/C23H20INO4/c1-14-8-9-15(2)19(12-14)25-22(27)21(16-6-4-3-5-7-16)29-23(28)18-13-17(24)10-11-20(18)26/h3-13,21,26H,1-2H3,(H,25,27). The number of carbonyl (C=O) groups excluding carboxylic acids is 2. The van der Waals surface area contributed by atoms with Crippen LogP contribution < -0.4 is 5.32 Å². The lowest BCUT2D eigenvalue weighted by atomic mass is 10.1. The summed E-state index contributed by atoms with van der Waals surface area (Å²) in [7, 11) is 0. The first-order valence-electron chi connectivity index (χ1n) is 8.97. The Bertz CT molecular complexity index is 1050. The third-order valence-electron chi connectivity index (χ3n) is 4.39. The molecule has 0 fully saturated rings. The first-order chi connectivity index (χ1) is 13.8. The zero-order valence-corrected chi connectivity index (χ0v) is 18.1. The summed E-state index contributed by atoms with van der Waals surface area (Å²) in [4.78, 5) is 25.8. The second-order valence-electron chi connectivity index (χ2n) is 6.67. The molecule has 1 unspecified atom stereocenters. The Kier molecular flexibility index (Phi) is 6.53. The molecule has 148 valence electrons. The molecule has 0 spiro atoms. The van der Waals surface area contributed by atoms with E-state index in [0.717, 1.165) is 14.7 Å². The van der Waals surface area contributed by atoms with Crippen molar-refractivity contribution in [2.75, 3.05) is 5.32 Å². The Morgan fingerprint density at radius 2 is 1.72 bits per heavy atom. The molecule has 0 saturated heterocycles. The minimum atomic E-state index is -1.17. The number of anilines is 1. The van der Waals surface area contributed by atoms with E-state index in [1.807, 2.05) is 60.7 Å². The summed E-state index contributed by atoms with van der Waals surface area (Å²) < 4.78 is 6.32. The minimum absolute atomic E-state index is 0.0115. The van der Waals surface area contributed by atoms with Crippen molar-refractivity contribution >= 4 is 40.2 Å². The van der Waals surface area contributed by atoms with Crippen LogP contribution in [0, 0.1) is 17.4 Å². The van der Waals surface area contributed by atoms with Crippen molar-refractivity contribution in [2.24, 2.45) is 0 Å². The lowest BCUT2D eigenvalue weighted by Gasteiger charge is -2.19. The number of phenols is 1. The molecule has 6 heteroatoms. The van der Waals surface area contributed by atoms with Gasteiger partial charge in [0.15, 0.2) is 0 Å². The van der Waals surface area contributed by atoms with Gasteiger partial charge in [0, 0.05) is 14.8 Å². The Morgan fingerprint density at radius 1 is 1.00 bits per heavy atom. The Hall–Kier alpha value is -2.87. The fraction of sp³-hybridized carbons (Fsp3) is 0.130. The maximum absolute atomic E-state index is 13.0. The predicted molar refractivity (Wildman–Crippen MR) is 120 cm³/mol. The topological polar surface area (TPSA) is 75.6 Å². The van der Waals surface area contributed by atoms with Crippen molar-refractivity contribution < 1.29 is 19.4 Å². The van der Waals surface area contributed by atoms with Crippen molar-refractivity contribution in [3.05, 3.63) is 92.6 Å². The summed E-state index contributed by atoms with van der Waals surface area (Å²) in [5.74, 6) is -1.44. The molecule has 3 aromatic carbocycles. The summed E-state index contributed by atoms with van der Waals surface area (Å²) >= 11 is 2.04. The number of hydrogen-bond donors (Lipinski definition) is 2. The van der Waals surface area contributed by atoms with Gasteiger partial charge < -0.3 is 15.2 Å². The number of nitrogens with one attached hydrogen (secondary N) is 1. The molecule has 0 saturated carbocycles. The van der Waals surface area contributed by atoms with Crippen LogP contribution in [0.4, 0.5) is 5.69 Å². The molecular weight excluding hydrogens is 481 g/mol. The average Bonchev–Trinajstić information content (AvgIpc) is 2.71. The Labute approximate surface area is 182 Å². The van der Waals surface area contributed by atoms with Gasteiger partial charge in [-0.05, 0) is 71.8 Å². The number of hydrogen-bond acceptors (Lipinski definition) is 4. The molecule has 1 atom stereocenters. The number of carbonyl (C=O) groups is 2. The number of amides is 1. The van der Waals surface area contributed by atoms with Crippen LogP contribution >= 0.6 is 22.6 Å². The van der Waals surface area contributed by atoms with E-state index < -0.39 is 18.0 Å². The number of esters is 1. The number of halogens is 1. The fourth-order valence-corrected chi connectivity index (χ4v) is 3.30. The second-order valence-corrected chi connectivity index (χ2v) is 7.91. The van der Waals surface area contributed by atoms with E-state index in [-0.39, 0.29) is 11.3 Å². The molecule has 0 aliphatic heterocycles. The normalized spacial score (nSPS) is 11.6. The molecule has 0 radical (unpaired) electrons. The predicted octanol–water partition coefficient (Wildman–Crippen LogP) is 5.15. The van der Waals surface area contributed by atoms with Crippen LogP contribution in [0.2, 0.25) is 0 Å². The highest BCUT2D eigenvalue weighted by Gasteiger charge is 2.27. The van der Waals surface area contributed by atoms with Gasteiger partial charge >= 0.3 is 5.97 Å². The highest BCUT2D eigenvalue weighted by atomic mass is 127. The first-order valence-corrected chi connectivity index (χ1v) is 10.1. The van der Waals surface area contributed by atoms with E-state index in [9.17, 15) is 14.7 Å². The van der Waals surface area contributed by atoms with E-state index in [2.05, 4.69) is 5.32 Å². The van der Waals surface area contributed by atoms with Crippen LogP contribution in [0.1, 0.15) is 33.2 Å². The SMILES string of the molecule is Cc1ccc(C)c(NC(=O)C(OC(=O)c2cc(I)ccc2O)c2ccccc2)c1. The van der Waals surface area contributed by atoms with Crippen LogP contribution in [0.5, 0.6) is 5.75 Å². The highest BCUT2D eigenvalue weighted by Crippen LogP contribution is 2.26. The van der Waals surface area contributed by atoms with Crippen molar-refractivity contribution in [1.82, 2.24) is 0 Å². The van der Waals surface area contributed by atoms with E-state index in [1.54, 1.807) is 30.3 Å². The van der Waals surface area contributed by atoms with Crippen molar-refractivity contribution in [1.29, 1.82) is 0 Å². The third-order valence-corrected chi connectivity index (χ3v) is 5.07. The monoisotopic (exact) mass is 501 g/mol. The number of phenolic OH excluding ortho intramolecular Hbond substituents is 1. The number of ether oxygens (including phenoxy) is 1. The summed E-state index contributed by atoms with van der Waals surface area (Å²) in [5, 5.41) is 12.9. The lowest BCUT2D eigenvalue weighted by molar-refractivity contribution is -0.125. The summed E-state index contributed by atoms with van der Waals surface area (Å²) in [6.45, 7) is 3.83. The van der Waals surface area contributed by atoms with Gasteiger partial charge in [0.1, 0.15) is 11.3 Å². The molecule has 0 aromatic heterocycles. The molecule has 2 N–H and O–H groups in total. The maximum Gasteiger partial charge on any atom is 0.343 e. The van der Waals surface area contributed by atoms with E-state index in [0.29, 0.717) is 11.3 Å². The zero-order chi connectivity index (χ0) is 21.0. The highest BCUT2D eigenvalue weighted by molar-refractivity contribution is 14.1. The largest absolute Gasteiger partial charge is 0.507 e. The van der Waals surface area contributed by atoms with Gasteiger partial charge in [-0.1, -0.05) is 42.5 Å². The quantitative estimate of drug-likeness (QED) is 0.375. The summed E-state index contributed by atoms with van der Waals surface area (Å²) in [6, 6.07) is 19.1. The number of benzene rings is 3. The van der Waals surface area contributed by atoms with Crippen molar-refractivity contribution in [3.63, 3.8) is 0 Å². The van der Waals surface area contributed by atoms with Gasteiger partial charge in [-0.2, -0.15) is 0 Å². The molecule has 0 aliphatic rings. The first kappa shape index (κ1) is 20.9. The lowest BCUT2D eigenvalue weighted by Crippen LogP contribution is -2.26. The molecule has 3 aromatic rings. The van der Waals surface area contributed by atoms with Gasteiger partial charge in [0.2, 0.25) is 6.10 Å². The molecule has 29 heavy (non-hydrogen) atoms. The molecule has 5 nitrogen and oxygen atoms in total. The Balaban J connectivity index is 1.91. The fourth-order valence-electron chi connectivity index (χ4n) is 2.81. The zero-order valence-electron chi connectivity index (χ0n) is 16.0. The average molecular weight is 501 g/mol. The van der Waals surface area contributed by atoms with Crippen LogP contribution in [0.15, 0.2) is 66.7 Å². The number of aryl methyl sites for hydroxylation is 2. The molecule has 0 heterocycles. The van der Waals surface area contributed by atoms with E-state index in [4.69, 9.17) is 4.74 Å². The van der Waals surface area contributed by atoms with Gasteiger partial charge in [0.25, 0.3) is 5.91 Å². The second kappa shape index (κ2) is 9.09. The van der Waals surface area contributed by atoms with E-state index in [1.165, 1.54) is 12.1 Å². The van der Waals surface area contributed by atoms with Crippen LogP contribution in [-0.2, 0) is 9.53 Å². The number of rotatable bonds is 5. The van der Waals surface area contributed by atoms with Gasteiger partial charge in [0.05, 0.1) is 0 Å². The van der Waals surface area contributed by atoms with Crippen LogP contribution in [-0.4, -0.2) is 17.0 Å². The number of aromatic hydroxyl groups is 1. The van der Waals surface area contributed by atoms with Gasteiger partial charge in [-0.3, -0.25) is 4.79 Å². The molecular formula is C23H20INO4. The summed E-state index contributed by atoms with van der Waals surface area (Å²) in [6.07, 6.45) is -1.17. The van der Waals surface area contributed by atoms with Gasteiger partial charge in [-0.15, -0.1) is 0 Å². The molecule has 0 aliphatic carbocycles. The molecule has 3 rings (SSSR count). The van der Waals surface area contributed by atoms with Crippen LogP contribution in [0.3, 0.4) is 0 Å². The summed E-state index contributed by atoms with van der Waals surface area (Å²) in [5.41, 5.74) is 3.11. The Morgan fingerprint density at radius 3 is 2.45 bits per heavy atom. The molecule has 0 bridgehead atoms. The smallest absolute Gasteiger partial charge is 0.343 e. The van der Waals surface area contributed by atoms with Crippen LogP contribution in [0.25, 0.3) is 0 Å². The van der Waals surface area contributed by atoms with Crippen molar-refractivity contribution in [3.8, 4) is 5.75 Å². The van der Waals surface area contributed by atoms with Crippen molar-refractivity contribution in [2.45, 2.75) is 20.0 Å². The molecule has 1 amide bonds. The van der Waals surface area contributed by atoms with E-state index >= 15 is 0 Å². The van der Waals surface area contributed by atoms with Gasteiger partial charge in [-0.25, -0.2) is 4.79 Å². The maximum atomic E-state index is 13.0. The minimum Gasteiger partial charge on any atom is -0.507 e.